The highest BCUT2D eigenvalue weighted by Crippen LogP contribution is 2.80. The van der Waals surface area contributed by atoms with Crippen molar-refractivity contribution in [2.75, 3.05) is 6.61 Å². The summed E-state index contributed by atoms with van der Waals surface area (Å²) < 4.78 is 18.5. The molecule has 1 heterocycles. The number of carbonyl (C=O) groups is 3. The minimum Gasteiger partial charge on any atom is -0.455 e. The predicted octanol–water partition coefficient (Wildman–Crippen LogP) is 2.95. The molecule has 0 amide bonds. The summed E-state index contributed by atoms with van der Waals surface area (Å²) in [7, 11) is 0. The first-order valence-electron chi connectivity index (χ1n) is 16.5. The second-order valence-electron chi connectivity index (χ2n) is 14.6. The van der Waals surface area contributed by atoms with Crippen LogP contribution in [0.25, 0.3) is 0 Å². The van der Waals surface area contributed by atoms with E-state index in [1.165, 1.54) is 19.1 Å². The Morgan fingerprint density at radius 3 is 2.47 bits per heavy atom. The van der Waals surface area contributed by atoms with E-state index in [4.69, 9.17) is 14.2 Å². The Labute approximate surface area is 265 Å². The van der Waals surface area contributed by atoms with Crippen LogP contribution in [0.5, 0.6) is 0 Å². The number of Topliss-reactive ketones (excluding diaryl/α,β-unsaturated/α-hetero) is 1. The number of aliphatic hydroxyl groups excluding tert-OH is 2. The number of rotatable bonds is 11. The maximum Gasteiger partial charge on any atom is 0.331 e. The Morgan fingerprint density at radius 1 is 1.16 bits per heavy atom. The average molecular weight is 631 g/mol. The third-order valence-electron chi connectivity index (χ3n) is 12.0. The number of unbranched alkanes of at least 4 members (excludes halogenated alkanes) is 3. The van der Waals surface area contributed by atoms with Gasteiger partial charge in [0.25, 0.3) is 0 Å². The van der Waals surface area contributed by atoms with Crippen molar-refractivity contribution in [1.82, 2.24) is 0 Å². The van der Waals surface area contributed by atoms with Gasteiger partial charge in [0, 0.05) is 35.2 Å². The average Bonchev–Trinajstić information content (AvgIpc) is 3.83. The lowest BCUT2D eigenvalue weighted by Crippen LogP contribution is -2.69. The van der Waals surface area contributed by atoms with Crippen molar-refractivity contribution in [2.45, 2.75) is 121 Å². The normalized spacial score (nSPS) is 44.7. The SMILES string of the molecule is CCCCC/C=C\C=C\C(=O)OC1C(C)C2(O)C(C3OC3(CO)C(O)C3(O)C(=O)C(C)=CC32)C2C(C)(C)C12OC(=O)C(C)CC. The molecule has 0 spiro atoms. The van der Waals surface area contributed by atoms with Gasteiger partial charge in [0.05, 0.1) is 24.2 Å². The van der Waals surface area contributed by atoms with E-state index in [-0.39, 0.29) is 5.57 Å². The molecule has 4 aliphatic carbocycles. The summed E-state index contributed by atoms with van der Waals surface area (Å²) in [6.45, 7) is 11.9. The smallest absolute Gasteiger partial charge is 0.331 e. The summed E-state index contributed by atoms with van der Waals surface area (Å²) >= 11 is 0. The molecule has 250 valence electrons. The van der Waals surface area contributed by atoms with Gasteiger partial charge in [-0.15, -0.1) is 0 Å². The number of ketones is 1. The highest BCUT2D eigenvalue weighted by Gasteiger charge is 2.93. The summed E-state index contributed by atoms with van der Waals surface area (Å²) in [6.07, 6.45) is 8.77. The fourth-order valence-corrected chi connectivity index (χ4v) is 9.09. The van der Waals surface area contributed by atoms with Gasteiger partial charge in [-0.05, 0) is 31.8 Å². The molecule has 1 saturated heterocycles. The van der Waals surface area contributed by atoms with E-state index in [1.54, 1.807) is 26.0 Å². The van der Waals surface area contributed by atoms with E-state index in [1.807, 2.05) is 26.8 Å². The number of allylic oxidation sites excluding steroid dienone is 3. The fraction of sp³-hybridized carbons (Fsp3) is 0.743. The minimum atomic E-state index is -2.50. The maximum absolute atomic E-state index is 13.5. The van der Waals surface area contributed by atoms with Crippen molar-refractivity contribution >= 4 is 17.7 Å². The Bertz CT molecular complexity index is 1320. The van der Waals surface area contributed by atoms with Crippen LogP contribution in [0.3, 0.4) is 0 Å². The zero-order valence-electron chi connectivity index (χ0n) is 27.5. The number of hydrogen-bond acceptors (Lipinski definition) is 10. The van der Waals surface area contributed by atoms with Gasteiger partial charge in [-0.25, -0.2) is 4.79 Å². The molecule has 0 aromatic carbocycles. The molecule has 5 aliphatic rings. The van der Waals surface area contributed by atoms with Crippen molar-refractivity contribution in [2.24, 2.45) is 35.0 Å². The zero-order valence-corrected chi connectivity index (χ0v) is 27.5. The Balaban J connectivity index is 1.60. The molecule has 10 nitrogen and oxygen atoms in total. The van der Waals surface area contributed by atoms with E-state index >= 15 is 0 Å². The minimum absolute atomic E-state index is 0.158. The molecule has 12 atom stereocenters. The van der Waals surface area contributed by atoms with Crippen molar-refractivity contribution in [3.63, 3.8) is 0 Å². The molecule has 0 radical (unpaired) electrons. The first kappa shape index (κ1) is 34.0. The van der Waals surface area contributed by atoms with Crippen LogP contribution < -0.4 is 0 Å². The van der Waals surface area contributed by atoms with Crippen LogP contribution >= 0.6 is 0 Å². The summed E-state index contributed by atoms with van der Waals surface area (Å²) in [5.74, 6) is -6.27. The zero-order chi connectivity index (χ0) is 33.3. The van der Waals surface area contributed by atoms with Crippen molar-refractivity contribution in [1.29, 1.82) is 0 Å². The molecule has 1 aliphatic heterocycles. The van der Waals surface area contributed by atoms with Crippen LogP contribution in [0.2, 0.25) is 0 Å². The predicted molar refractivity (Wildman–Crippen MR) is 163 cm³/mol. The Kier molecular flexibility index (Phi) is 8.61. The monoisotopic (exact) mass is 630 g/mol. The molecule has 5 rings (SSSR count). The van der Waals surface area contributed by atoms with Crippen LogP contribution in [0.15, 0.2) is 36.0 Å². The number of fused-ring (bicyclic) bond motifs is 7. The number of esters is 2. The highest BCUT2D eigenvalue weighted by atomic mass is 16.6. The van der Waals surface area contributed by atoms with Crippen LogP contribution in [-0.2, 0) is 28.6 Å². The van der Waals surface area contributed by atoms with Crippen LogP contribution in [0, 0.1) is 35.0 Å². The molecule has 45 heavy (non-hydrogen) atoms. The number of ether oxygens (including phenoxy) is 3. The van der Waals surface area contributed by atoms with Crippen LogP contribution in [-0.4, -0.2) is 85.5 Å². The number of carbonyl (C=O) groups excluding carboxylic acids is 3. The largest absolute Gasteiger partial charge is 0.455 e. The molecular weight excluding hydrogens is 580 g/mol. The topological polar surface area (TPSA) is 163 Å². The molecule has 4 N–H and O–H groups in total. The Morgan fingerprint density at radius 2 is 1.84 bits per heavy atom. The van der Waals surface area contributed by atoms with E-state index < -0.39 is 100 Å². The molecule has 10 heteroatoms. The summed E-state index contributed by atoms with van der Waals surface area (Å²) in [4.78, 5) is 40.3. The summed E-state index contributed by atoms with van der Waals surface area (Å²) in [5, 5.41) is 47.1. The van der Waals surface area contributed by atoms with Gasteiger partial charge in [0.1, 0.15) is 17.8 Å². The quantitative estimate of drug-likeness (QED) is 0.0878. The highest BCUT2D eigenvalue weighted by molar-refractivity contribution is 6.05. The molecule has 0 aromatic rings. The van der Waals surface area contributed by atoms with Crippen LogP contribution in [0.4, 0.5) is 0 Å². The lowest BCUT2D eigenvalue weighted by atomic mass is 9.58. The third kappa shape index (κ3) is 4.49. The molecule has 0 aromatic heterocycles. The van der Waals surface area contributed by atoms with E-state index in [0.29, 0.717) is 6.42 Å². The number of aliphatic hydroxyl groups is 4. The molecule has 0 bridgehead atoms. The summed E-state index contributed by atoms with van der Waals surface area (Å²) in [5.41, 5.74) is -8.27. The molecule has 12 unspecified atom stereocenters. The first-order valence-corrected chi connectivity index (χ1v) is 16.5. The van der Waals surface area contributed by atoms with E-state index in [9.17, 15) is 34.8 Å². The van der Waals surface area contributed by atoms with Gasteiger partial charge in [0.2, 0.25) is 0 Å². The second-order valence-corrected chi connectivity index (χ2v) is 14.6. The van der Waals surface area contributed by atoms with Gasteiger partial charge in [-0.3, -0.25) is 9.59 Å². The van der Waals surface area contributed by atoms with E-state index in [0.717, 1.165) is 25.7 Å². The fourth-order valence-electron chi connectivity index (χ4n) is 9.09. The van der Waals surface area contributed by atoms with Crippen LogP contribution in [0.1, 0.15) is 80.6 Å². The number of epoxide rings is 1. The van der Waals surface area contributed by atoms with Gasteiger partial charge in [0.15, 0.2) is 17.0 Å². The molecular formula is C35H50O10. The lowest BCUT2D eigenvalue weighted by molar-refractivity contribution is -0.244. The Hall–Kier alpha value is -2.37. The van der Waals surface area contributed by atoms with Gasteiger partial charge in [-0.1, -0.05) is 78.7 Å². The molecule has 4 fully saturated rings. The number of hydrogen-bond donors (Lipinski definition) is 4. The van der Waals surface area contributed by atoms with E-state index in [2.05, 4.69) is 6.92 Å². The van der Waals surface area contributed by atoms with Crippen molar-refractivity contribution < 1.29 is 49.0 Å². The second kappa shape index (κ2) is 11.4. The van der Waals surface area contributed by atoms with Crippen molar-refractivity contribution in [3.05, 3.63) is 36.0 Å². The summed E-state index contributed by atoms with van der Waals surface area (Å²) in [6, 6.07) is 0. The van der Waals surface area contributed by atoms with Gasteiger partial charge in [-0.2, -0.15) is 0 Å². The van der Waals surface area contributed by atoms with Crippen molar-refractivity contribution in [3.8, 4) is 0 Å². The lowest BCUT2D eigenvalue weighted by Gasteiger charge is -2.53. The standard InChI is InChI=1S/C35H50O10/c1-8-10-11-12-13-14-15-16-23(37)43-27-21(5)33(41)22-17-20(4)26(38)34(22,42)30(40)32(18-36)28(44-32)24(33)25-31(6,7)35(25,27)45-29(39)19(3)9-2/h13-17,19,21-22,24-25,27-28,30,36,40-42H,8-12,18H2,1-7H3/b14-13-,16-15+. The first-order chi connectivity index (χ1) is 21.1. The third-order valence-corrected chi connectivity index (χ3v) is 12.0. The van der Waals surface area contributed by atoms with Gasteiger partial charge < -0.3 is 34.6 Å². The molecule has 3 saturated carbocycles. The van der Waals surface area contributed by atoms with Gasteiger partial charge >= 0.3 is 11.9 Å². The maximum atomic E-state index is 13.5.